The second-order valence-corrected chi connectivity index (χ2v) is 9.08. The van der Waals surface area contributed by atoms with Crippen molar-refractivity contribution < 1.29 is 27.5 Å². The van der Waals surface area contributed by atoms with Gasteiger partial charge in [0.2, 0.25) is 11.8 Å². The van der Waals surface area contributed by atoms with E-state index in [1.54, 1.807) is 23.1 Å². The number of amides is 2. The molecule has 4 rings (SSSR count). The van der Waals surface area contributed by atoms with Gasteiger partial charge in [-0.3, -0.25) is 9.59 Å². The molecular weight excluding hydrogens is 360 g/mol. The third-order valence-corrected chi connectivity index (χ3v) is 6.74. The quantitative estimate of drug-likeness (QED) is 0.816. The molecule has 2 fully saturated rings. The number of nitrogens with one attached hydrogen (secondary N) is 1. The van der Waals surface area contributed by atoms with Gasteiger partial charge in [0.05, 0.1) is 17.4 Å². The first-order chi connectivity index (χ1) is 12.4. The van der Waals surface area contributed by atoms with Crippen LogP contribution >= 0.6 is 0 Å². The van der Waals surface area contributed by atoms with Crippen LogP contribution in [0, 0.1) is 5.92 Å². The highest BCUT2D eigenvalue weighted by Gasteiger charge is 2.41. The van der Waals surface area contributed by atoms with Gasteiger partial charge >= 0.3 is 0 Å². The van der Waals surface area contributed by atoms with Crippen molar-refractivity contribution in [2.75, 3.05) is 36.6 Å². The predicted molar refractivity (Wildman–Crippen MR) is 92.9 cm³/mol. The van der Waals surface area contributed by atoms with Crippen molar-refractivity contribution in [1.29, 1.82) is 0 Å². The number of rotatable bonds is 3. The fourth-order valence-electron chi connectivity index (χ4n) is 3.65. The fraction of sp³-hybridized carbons (Fsp3) is 0.529. The number of nitrogens with zero attached hydrogens (tertiary/aromatic N) is 1. The van der Waals surface area contributed by atoms with Gasteiger partial charge in [0, 0.05) is 30.8 Å². The maximum absolute atomic E-state index is 12.5. The summed E-state index contributed by atoms with van der Waals surface area (Å²) in [4.78, 5) is 26.3. The van der Waals surface area contributed by atoms with E-state index in [0.29, 0.717) is 36.8 Å². The van der Waals surface area contributed by atoms with Gasteiger partial charge in [-0.25, -0.2) is 8.42 Å². The first-order valence-electron chi connectivity index (χ1n) is 8.62. The summed E-state index contributed by atoms with van der Waals surface area (Å²) >= 11 is 0. The summed E-state index contributed by atoms with van der Waals surface area (Å²) in [5.74, 6) is 0.421. The number of ether oxygens (including phenoxy) is 2. The number of fused-ring (bicyclic) bond motifs is 1. The topological polar surface area (TPSA) is 102 Å². The van der Waals surface area contributed by atoms with Crippen LogP contribution < -0.4 is 14.8 Å². The normalized spacial score (nSPS) is 26.8. The summed E-state index contributed by atoms with van der Waals surface area (Å²) in [6.45, 7) is 1.21. The van der Waals surface area contributed by atoms with Gasteiger partial charge in [-0.05, 0) is 18.6 Å². The number of hydrogen-bond acceptors (Lipinski definition) is 6. The fourth-order valence-corrected chi connectivity index (χ4v) is 5.38. The maximum Gasteiger partial charge on any atom is 0.229 e. The zero-order chi connectivity index (χ0) is 18.3. The molecule has 1 aromatic carbocycles. The molecule has 9 heteroatoms. The van der Waals surface area contributed by atoms with Crippen molar-refractivity contribution in [3.8, 4) is 11.5 Å². The van der Waals surface area contributed by atoms with Gasteiger partial charge in [-0.15, -0.1) is 0 Å². The molecule has 26 heavy (non-hydrogen) atoms. The molecule has 8 nitrogen and oxygen atoms in total. The van der Waals surface area contributed by atoms with E-state index < -0.39 is 15.8 Å². The first kappa shape index (κ1) is 17.1. The number of benzene rings is 1. The van der Waals surface area contributed by atoms with E-state index in [9.17, 15) is 18.0 Å². The van der Waals surface area contributed by atoms with Crippen LogP contribution in [0.2, 0.25) is 0 Å². The highest BCUT2D eigenvalue weighted by atomic mass is 32.2. The zero-order valence-electron chi connectivity index (χ0n) is 14.1. The van der Waals surface area contributed by atoms with E-state index >= 15 is 0 Å². The van der Waals surface area contributed by atoms with Crippen molar-refractivity contribution in [3.63, 3.8) is 0 Å². The Kier molecular flexibility index (Phi) is 4.26. The molecule has 2 atom stereocenters. The lowest BCUT2D eigenvalue weighted by Crippen LogP contribution is -2.38. The van der Waals surface area contributed by atoms with E-state index in [1.165, 1.54) is 0 Å². The third-order valence-electron chi connectivity index (χ3n) is 4.99. The summed E-state index contributed by atoms with van der Waals surface area (Å²) in [5.41, 5.74) is 0.577. The summed E-state index contributed by atoms with van der Waals surface area (Å²) in [6, 6.07) is 4.85. The van der Waals surface area contributed by atoms with Gasteiger partial charge in [-0.2, -0.15) is 0 Å². The van der Waals surface area contributed by atoms with Crippen LogP contribution in [0.25, 0.3) is 0 Å². The van der Waals surface area contributed by atoms with Crippen LogP contribution in [0.4, 0.5) is 5.69 Å². The van der Waals surface area contributed by atoms with Crippen LogP contribution in [0.5, 0.6) is 11.5 Å². The summed E-state index contributed by atoms with van der Waals surface area (Å²) < 4.78 is 34.2. The molecule has 3 aliphatic rings. The highest BCUT2D eigenvalue weighted by Crippen LogP contribution is 2.33. The standard InChI is InChI=1S/C17H20N2O6S/c20-16-7-11(9-19(16)13-3-6-26(22,23)10-13)17(21)18-12-1-2-14-15(8-12)25-5-4-24-14/h1-2,8,11,13H,3-7,9-10H2,(H,18,21). The van der Waals surface area contributed by atoms with Crippen molar-refractivity contribution in [2.24, 2.45) is 5.92 Å². The largest absolute Gasteiger partial charge is 0.486 e. The lowest BCUT2D eigenvalue weighted by atomic mass is 10.1. The number of anilines is 1. The van der Waals surface area contributed by atoms with Crippen LogP contribution in [0.15, 0.2) is 18.2 Å². The number of carbonyl (C=O) groups excluding carboxylic acids is 2. The highest BCUT2D eigenvalue weighted by molar-refractivity contribution is 7.91. The van der Waals surface area contributed by atoms with E-state index in [-0.39, 0.29) is 42.3 Å². The average Bonchev–Trinajstić information content (AvgIpc) is 3.17. The minimum Gasteiger partial charge on any atom is -0.486 e. The van der Waals surface area contributed by atoms with Crippen LogP contribution in [-0.2, 0) is 19.4 Å². The molecule has 0 bridgehead atoms. The Balaban J connectivity index is 1.40. The Morgan fingerprint density at radius 1 is 1.19 bits per heavy atom. The molecule has 2 saturated heterocycles. The molecule has 0 spiro atoms. The third kappa shape index (κ3) is 3.35. The number of sulfone groups is 1. The number of carbonyl (C=O) groups is 2. The Hall–Kier alpha value is -2.29. The van der Waals surface area contributed by atoms with Crippen LogP contribution in [0.1, 0.15) is 12.8 Å². The van der Waals surface area contributed by atoms with Crippen LogP contribution in [0.3, 0.4) is 0 Å². The van der Waals surface area contributed by atoms with Crippen molar-refractivity contribution in [1.82, 2.24) is 4.90 Å². The minimum absolute atomic E-state index is 0.00472. The lowest BCUT2D eigenvalue weighted by molar-refractivity contribution is -0.129. The average molecular weight is 380 g/mol. The molecule has 0 aliphatic carbocycles. The Morgan fingerprint density at radius 3 is 2.69 bits per heavy atom. The van der Waals surface area contributed by atoms with E-state index in [2.05, 4.69) is 5.32 Å². The number of likely N-dealkylation sites (tertiary alicyclic amines) is 1. The number of hydrogen-bond donors (Lipinski definition) is 1. The van der Waals surface area contributed by atoms with Crippen LogP contribution in [-0.4, -0.2) is 62.4 Å². The summed E-state index contributed by atoms with van der Waals surface area (Å²) in [6.07, 6.45) is 0.553. The zero-order valence-corrected chi connectivity index (χ0v) is 15.0. The minimum atomic E-state index is -3.07. The van der Waals surface area contributed by atoms with Gasteiger partial charge in [0.15, 0.2) is 21.3 Å². The second kappa shape index (κ2) is 6.46. The van der Waals surface area contributed by atoms with Gasteiger partial charge in [0.25, 0.3) is 0 Å². The molecule has 0 saturated carbocycles. The predicted octanol–water partition coefficient (Wildman–Crippen LogP) is 0.432. The van der Waals surface area contributed by atoms with Gasteiger partial charge in [0.1, 0.15) is 13.2 Å². The Bertz CT molecular complexity index is 853. The molecule has 3 heterocycles. The summed E-state index contributed by atoms with van der Waals surface area (Å²) in [5, 5.41) is 2.81. The first-order valence-corrected chi connectivity index (χ1v) is 10.4. The molecule has 2 amide bonds. The van der Waals surface area contributed by atoms with Gasteiger partial charge in [-0.1, -0.05) is 0 Å². The molecule has 140 valence electrons. The molecule has 1 N–H and O–H groups in total. The molecule has 1 aromatic rings. The van der Waals surface area contributed by atoms with Gasteiger partial charge < -0.3 is 19.7 Å². The molecule has 2 unspecified atom stereocenters. The monoisotopic (exact) mass is 380 g/mol. The smallest absolute Gasteiger partial charge is 0.229 e. The van der Waals surface area contributed by atoms with E-state index in [0.717, 1.165) is 0 Å². The summed E-state index contributed by atoms with van der Waals surface area (Å²) in [7, 11) is -3.07. The molecule has 3 aliphatic heterocycles. The molecular formula is C17H20N2O6S. The molecule has 0 radical (unpaired) electrons. The SMILES string of the molecule is O=C(Nc1ccc2c(c1)OCCO2)C1CC(=O)N(C2CCS(=O)(=O)C2)C1. The lowest BCUT2D eigenvalue weighted by Gasteiger charge is -2.23. The molecule has 0 aromatic heterocycles. The maximum atomic E-state index is 12.5. The van der Waals surface area contributed by atoms with E-state index in [1.807, 2.05) is 0 Å². The second-order valence-electron chi connectivity index (χ2n) is 6.85. The van der Waals surface area contributed by atoms with Crippen molar-refractivity contribution in [3.05, 3.63) is 18.2 Å². The Morgan fingerprint density at radius 2 is 1.96 bits per heavy atom. The van der Waals surface area contributed by atoms with Crippen molar-refractivity contribution in [2.45, 2.75) is 18.9 Å². The van der Waals surface area contributed by atoms with Crippen molar-refractivity contribution >= 4 is 27.3 Å². The Labute approximate surface area is 151 Å². The van der Waals surface area contributed by atoms with E-state index in [4.69, 9.17) is 9.47 Å².